The molecule has 122 valence electrons. The van der Waals surface area contributed by atoms with Crippen molar-refractivity contribution in [3.63, 3.8) is 0 Å². The van der Waals surface area contributed by atoms with Gasteiger partial charge in [-0.2, -0.15) is 0 Å². The van der Waals surface area contributed by atoms with E-state index >= 15 is 0 Å². The summed E-state index contributed by atoms with van der Waals surface area (Å²) in [5.74, 6) is 0.0965. The highest BCUT2D eigenvalue weighted by molar-refractivity contribution is 7.10. The normalized spacial score (nSPS) is 16.8. The van der Waals surface area contributed by atoms with E-state index in [1.54, 1.807) is 11.3 Å². The fourth-order valence-corrected chi connectivity index (χ4v) is 3.44. The lowest BCUT2D eigenvalue weighted by molar-refractivity contribution is -0.123. The summed E-state index contributed by atoms with van der Waals surface area (Å²) in [7, 11) is 0. The molecule has 1 saturated carbocycles. The number of thiophene rings is 1. The fraction of sp³-hybridized carbons (Fsp3) is 0.421. The molecule has 2 N–H and O–H groups in total. The van der Waals surface area contributed by atoms with Crippen LogP contribution in [0.25, 0.3) is 0 Å². The summed E-state index contributed by atoms with van der Waals surface area (Å²) in [6.45, 7) is 4.10. The van der Waals surface area contributed by atoms with Crippen LogP contribution in [0.4, 0.5) is 0 Å². The first-order valence-corrected chi connectivity index (χ1v) is 9.24. The predicted octanol–water partition coefficient (Wildman–Crippen LogP) is 3.66. The highest BCUT2D eigenvalue weighted by Crippen LogP contribution is 2.27. The van der Waals surface area contributed by atoms with E-state index < -0.39 is 0 Å². The van der Waals surface area contributed by atoms with E-state index in [9.17, 15) is 4.79 Å². The quantitative estimate of drug-likeness (QED) is 0.814. The minimum Gasteiger partial charge on any atom is -0.352 e. The number of aryl methyl sites for hydroxylation is 1. The van der Waals surface area contributed by atoms with Crippen LogP contribution in [0.15, 0.2) is 41.8 Å². The van der Waals surface area contributed by atoms with Crippen LogP contribution < -0.4 is 10.6 Å². The predicted molar refractivity (Wildman–Crippen MR) is 95.7 cm³/mol. The minimum absolute atomic E-state index is 0.0564. The number of benzene rings is 1. The zero-order chi connectivity index (χ0) is 16.2. The van der Waals surface area contributed by atoms with Gasteiger partial charge in [0.05, 0.1) is 12.1 Å². The van der Waals surface area contributed by atoms with Crippen molar-refractivity contribution in [2.45, 2.75) is 51.2 Å². The third kappa shape index (κ3) is 4.21. The molecule has 0 radical (unpaired) electrons. The number of hydrogen-bond donors (Lipinski definition) is 2. The van der Waals surface area contributed by atoms with E-state index in [4.69, 9.17) is 0 Å². The molecule has 0 spiro atoms. The maximum Gasteiger partial charge on any atom is 0.237 e. The summed E-state index contributed by atoms with van der Waals surface area (Å²) in [6.07, 6.45) is 3.27. The molecular formula is C19H24N2OS. The molecule has 3 rings (SSSR count). The average Bonchev–Trinajstić information content (AvgIpc) is 3.22. The molecule has 1 aliphatic carbocycles. The summed E-state index contributed by atoms with van der Waals surface area (Å²) >= 11 is 1.72. The zero-order valence-electron chi connectivity index (χ0n) is 13.7. The Morgan fingerprint density at radius 3 is 2.57 bits per heavy atom. The Morgan fingerprint density at radius 2 is 2.00 bits per heavy atom. The lowest BCUT2D eigenvalue weighted by Crippen LogP contribution is -2.44. The van der Waals surface area contributed by atoms with Gasteiger partial charge >= 0.3 is 0 Å². The Balaban J connectivity index is 1.76. The van der Waals surface area contributed by atoms with Crippen molar-refractivity contribution >= 4 is 17.2 Å². The summed E-state index contributed by atoms with van der Waals surface area (Å²) in [5, 5.41) is 8.66. The van der Waals surface area contributed by atoms with E-state index in [-0.39, 0.29) is 18.0 Å². The molecule has 2 aromatic rings. The van der Waals surface area contributed by atoms with Crippen molar-refractivity contribution in [3.8, 4) is 0 Å². The Kier molecular flexibility index (Phi) is 5.13. The largest absolute Gasteiger partial charge is 0.352 e. The molecule has 1 heterocycles. The molecule has 2 atom stereocenters. The second-order valence-corrected chi connectivity index (χ2v) is 7.19. The Bertz CT molecular complexity index is 632. The molecule has 1 aromatic carbocycles. The molecule has 3 nitrogen and oxygen atoms in total. The van der Waals surface area contributed by atoms with Crippen LogP contribution in [0.1, 0.15) is 48.7 Å². The van der Waals surface area contributed by atoms with Crippen molar-refractivity contribution in [3.05, 3.63) is 57.8 Å². The number of amides is 1. The van der Waals surface area contributed by atoms with Crippen molar-refractivity contribution in [2.24, 2.45) is 0 Å². The molecule has 0 bridgehead atoms. The van der Waals surface area contributed by atoms with Crippen molar-refractivity contribution < 1.29 is 4.79 Å². The first-order valence-electron chi connectivity index (χ1n) is 8.36. The SMILES string of the molecule is CCc1ccc([C@@H](N[C@H](C)C(=O)NC2CC2)c2cccs2)cc1. The first-order chi connectivity index (χ1) is 11.2. The van der Waals surface area contributed by atoms with Crippen LogP contribution in [-0.2, 0) is 11.2 Å². The maximum absolute atomic E-state index is 12.3. The minimum atomic E-state index is -0.214. The van der Waals surface area contributed by atoms with Crippen molar-refractivity contribution in [2.75, 3.05) is 0 Å². The summed E-state index contributed by atoms with van der Waals surface area (Å²) in [4.78, 5) is 13.5. The molecule has 1 aliphatic rings. The third-order valence-electron chi connectivity index (χ3n) is 4.28. The Hall–Kier alpha value is -1.65. The van der Waals surface area contributed by atoms with Gasteiger partial charge in [-0.1, -0.05) is 37.3 Å². The highest BCUT2D eigenvalue weighted by atomic mass is 32.1. The fourth-order valence-electron chi connectivity index (χ4n) is 2.62. The molecule has 1 amide bonds. The van der Waals surface area contributed by atoms with Crippen LogP contribution in [0.2, 0.25) is 0 Å². The van der Waals surface area contributed by atoms with E-state index in [2.05, 4.69) is 59.3 Å². The summed E-state index contributed by atoms with van der Waals surface area (Å²) in [5.41, 5.74) is 2.54. The summed E-state index contributed by atoms with van der Waals surface area (Å²) in [6, 6.07) is 13.1. The van der Waals surface area contributed by atoms with Gasteiger partial charge in [0.1, 0.15) is 0 Å². The van der Waals surface area contributed by atoms with E-state index in [1.165, 1.54) is 16.0 Å². The zero-order valence-corrected chi connectivity index (χ0v) is 14.5. The Labute approximate surface area is 142 Å². The summed E-state index contributed by atoms with van der Waals surface area (Å²) < 4.78 is 0. The molecule has 23 heavy (non-hydrogen) atoms. The molecule has 0 aliphatic heterocycles. The monoisotopic (exact) mass is 328 g/mol. The molecule has 1 aromatic heterocycles. The smallest absolute Gasteiger partial charge is 0.237 e. The van der Waals surface area contributed by atoms with Gasteiger partial charge < -0.3 is 5.32 Å². The second kappa shape index (κ2) is 7.28. The van der Waals surface area contributed by atoms with Gasteiger partial charge in [-0.15, -0.1) is 11.3 Å². The lowest BCUT2D eigenvalue weighted by Gasteiger charge is -2.23. The van der Waals surface area contributed by atoms with Crippen LogP contribution in [0.5, 0.6) is 0 Å². The number of hydrogen-bond acceptors (Lipinski definition) is 3. The lowest BCUT2D eigenvalue weighted by atomic mass is 10.0. The van der Waals surface area contributed by atoms with E-state index in [0.29, 0.717) is 6.04 Å². The second-order valence-electron chi connectivity index (χ2n) is 6.21. The van der Waals surface area contributed by atoms with Gasteiger partial charge in [-0.3, -0.25) is 10.1 Å². The third-order valence-corrected chi connectivity index (χ3v) is 5.22. The van der Waals surface area contributed by atoms with Gasteiger partial charge in [0.2, 0.25) is 5.91 Å². The molecular weight excluding hydrogens is 304 g/mol. The molecule has 0 saturated heterocycles. The number of carbonyl (C=O) groups excluding carboxylic acids is 1. The van der Waals surface area contributed by atoms with E-state index in [0.717, 1.165) is 19.3 Å². The van der Waals surface area contributed by atoms with Crippen LogP contribution >= 0.6 is 11.3 Å². The number of rotatable bonds is 7. The van der Waals surface area contributed by atoms with Gasteiger partial charge in [0, 0.05) is 10.9 Å². The molecule has 0 unspecified atom stereocenters. The number of nitrogens with one attached hydrogen (secondary N) is 2. The van der Waals surface area contributed by atoms with Gasteiger partial charge in [-0.05, 0) is 48.8 Å². The Morgan fingerprint density at radius 1 is 1.26 bits per heavy atom. The number of carbonyl (C=O) groups is 1. The standard InChI is InChI=1S/C19H24N2OS/c1-3-14-6-8-15(9-7-14)18(17-5-4-12-23-17)20-13(2)19(22)21-16-10-11-16/h4-9,12-13,16,18,20H,3,10-11H2,1-2H3,(H,21,22)/t13-,18-/m1/s1. The van der Waals surface area contributed by atoms with Crippen molar-refractivity contribution in [1.82, 2.24) is 10.6 Å². The average molecular weight is 328 g/mol. The van der Waals surface area contributed by atoms with Crippen molar-refractivity contribution in [1.29, 1.82) is 0 Å². The maximum atomic E-state index is 12.3. The van der Waals surface area contributed by atoms with Crippen LogP contribution in [0, 0.1) is 0 Å². The first kappa shape index (κ1) is 16.2. The van der Waals surface area contributed by atoms with Gasteiger partial charge in [0.15, 0.2) is 0 Å². The van der Waals surface area contributed by atoms with Gasteiger partial charge in [-0.25, -0.2) is 0 Å². The topological polar surface area (TPSA) is 41.1 Å². The van der Waals surface area contributed by atoms with Gasteiger partial charge in [0.25, 0.3) is 0 Å². The highest BCUT2D eigenvalue weighted by Gasteiger charge is 2.27. The molecule has 4 heteroatoms. The van der Waals surface area contributed by atoms with Crippen LogP contribution in [0.3, 0.4) is 0 Å². The molecule has 1 fully saturated rings. The van der Waals surface area contributed by atoms with Crippen LogP contribution in [-0.4, -0.2) is 18.0 Å². The van der Waals surface area contributed by atoms with E-state index in [1.807, 2.05) is 6.92 Å².